The molecule has 0 saturated carbocycles. The van der Waals surface area contributed by atoms with E-state index in [0.29, 0.717) is 13.0 Å². The molecule has 1 unspecified atom stereocenters. The molecule has 18 heavy (non-hydrogen) atoms. The van der Waals surface area contributed by atoms with Crippen LogP contribution in [-0.2, 0) is 4.74 Å². The fraction of sp³-hybridized carbons (Fsp3) is 0.333. The lowest BCUT2D eigenvalue weighted by Gasteiger charge is -2.17. The third-order valence-corrected chi connectivity index (χ3v) is 2.44. The molecule has 6 heteroatoms. The van der Waals surface area contributed by atoms with E-state index in [9.17, 15) is 18.3 Å². The largest absolute Gasteiger partial charge is 0.573 e. The number of rotatable bonds is 3. The highest BCUT2D eigenvalue weighted by atomic mass is 19.4. The second-order valence-electron chi connectivity index (χ2n) is 3.73. The minimum atomic E-state index is -4.79. The van der Waals surface area contributed by atoms with Gasteiger partial charge in [0.15, 0.2) is 0 Å². The topological polar surface area (TPSA) is 38.7 Å². The number of aliphatic hydroxyl groups excluding tert-OH is 1. The maximum atomic E-state index is 12.2. The Morgan fingerprint density at radius 3 is 2.61 bits per heavy atom. The number of hydrogen-bond donors (Lipinski definition) is 1. The van der Waals surface area contributed by atoms with Gasteiger partial charge in [0.05, 0.1) is 6.61 Å². The van der Waals surface area contributed by atoms with Gasteiger partial charge in [-0.1, -0.05) is 18.2 Å². The van der Waals surface area contributed by atoms with Gasteiger partial charge in [-0.25, -0.2) is 0 Å². The number of benzene rings is 1. The predicted octanol–water partition coefficient (Wildman–Crippen LogP) is 2.92. The Bertz CT molecular complexity index is 454. The van der Waals surface area contributed by atoms with Crippen molar-refractivity contribution in [3.63, 3.8) is 0 Å². The van der Waals surface area contributed by atoms with E-state index in [1.54, 1.807) is 6.08 Å². The molecule has 1 aliphatic rings. The smallest absolute Gasteiger partial charge is 0.495 e. The number of alkyl halides is 3. The second kappa shape index (κ2) is 4.89. The molecule has 1 aromatic rings. The van der Waals surface area contributed by atoms with E-state index in [2.05, 4.69) is 4.74 Å². The molecule has 0 radical (unpaired) electrons. The van der Waals surface area contributed by atoms with Gasteiger partial charge in [0.25, 0.3) is 0 Å². The van der Waals surface area contributed by atoms with Gasteiger partial charge < -0.3 is 14.6 Å². The fourth-order valence-electron chi connectivity index (χ4n) is 1.70. The van der Waals surface area contributed by atoms with Gasteiger partial charge in [-0.3, -0.25) is 0 Å². The minimum absolute atomic E-state index is 0.0305. The Morgan fingerprint density at radius 1 is 1.28 bits per heavy atom. The molecule has 98 valence electrons. The van der Waals surface area contributed by atoms with Crippen LogP contribution in [0.25, 0.3) is 0 Å². The Hall–Kier alpha value is -1.69. The third kappa shape index (κ3) is 2.95. The molecule has 0 aliphatic carbocycles. The van der Waals surface area contributed by atoms with Gasteiger partial charge in [-0.15, -0.1) is 13.2 Å². The van der Waals surface area contributed by atoms with Crippen LogP contribution >= 0.6 is 0 Å². The summed E-state index contributed by atoms with van der Waals surface area (Å²) in [4.78, 5) is 0. The monoisotopic (exact) mass is 260 g/mol. The SMILES string of the molecule is OC(C1=CCCO1)c1ccccc1OC(F)(F)F. The Labute approximate surface area is 101 Å². The van der Waals surface area contributed by atoms with Gasteiger partial charge in [0, 0.05) is 12.0 Å². The van der Waals surface area contributed by atoms with E-state index in [1.807, 2.05) is 0 Å². The highest BCUT2D eigenvalue weighted by molar-refractivity contribution is 5.38. The molecule has 0 spiro atoms. The van der Waals surface area contributed by atoms with Crippen LogP contribution in [0.1, 0.15) is 18.1 Å². The molecule has 2 rings (SSSR count). The molecular formula is C12H11F3O3. The second-order valence-corrected chi connectivity index (χ2v) is 3.73. The Balaban J connectivity index is 2.26. The number of hydrogen-bond acceptors (Lipinski definition) is 3. The Morgan fingerprint density at radius 2 is 2.00 bits per heavy atom. The summed E-state index contributed by atoms with van der Waals surface area (Å²) in [5.74, 6) is -0.165. The van der Waals surface area contributed by atoms with Crippen LogP contribution in [0.3, 0.4) is 0 Å². The van der Waals surface area contributed by atoms with E-state index in [4.69, 9.17) is 4.74 Å². The fourth-order valence-corrected chi connectivity index (χ4v) is 1.70. The molecule has 0 bridgehead atoms. The molecular weight excluding hydrogens is 249 g/mol. The van der Waals surface area contributed by atoms with Crippen LogP contribution in [0.4, 0.5) is 13.2 Å². The molecule has 0 amide bonds. The van der Waals surface area contributed by atoms with Gasteiger partial charge in [0.1, 0.15) is 17.6 Å². The van der Waals surface area contributed by atoms with Gasteiger partial charge in [-0.05, 0) is 12.1 Å². The van der Waals surface area contributed by atoms with E-state index >= 15 is 0 Å². The van der Waals surface area contributed by atoms with Crippen molar-refractivity contribution in [1.29, 1.82) is 0 Å². The summed E-state index contributed by atoms with van der Waals surface area (Å²) in [6.45, 7) is 0.425. The minimum Gasteiger partial charge on any atom is -0.495 e. The lowest BCUT2D eigenvalue weighted by Crippen LogP contribution is -2.19. The van der Waals surface area contributed by atoms with Crippen LogP contribution in [-0.4, -0.2) is 18.1 Å². The zero-order valence-corrected chi connectivity index (χ0v) is 9.28. The summed E-state index contributed by atoms with van der Waals surface area (Å²) < 4.78 is 45.6. The maximum Gasteiger partial charge on any atom is 0.573 e. The average molecular weight is 260 g/mol. The van der Waals surface area contributed by atoms with Crippen LogP contribution in [0.5, 0.6) is 5.75 Å². The quantitative estimate of drug-likeness (QED) is 0.908. The normalized spacial score (nSPS) is 17.0. The van der Waals surface area contributed by atoms with E-state index in [-0.39, 0.29) is 11.3 Å². The first kappa shape index (κ1) is 12.8. The van der Waals surface area contributed by atoms with Crippen molar-refractivity contribution < 1.29 is 27.8 Å². The summed E-state index contributed by atoms with van der Waals surface area (Å²) in [6.07, 6.45) is -3.75. The molecule has 1 aromatic carbocycles. The first-order valence-electron chi connectivity index (χ1n) is 5.33. The first-order valence-corrected chi connectivity index (χ1v) is 5.33. The number of ether oxygens (including phenoxy) is 2. The van der Waals surface area contributed by atoms with Crippen molar-refractivity contribution in [2.45, 2.75) is 18.9 Å². The average Bonchev–Trinajstić information content (AvgIpc) is 2.80. The van der Waals surface area contributed by atoms with Crippen molar-refractivity contribution in [2.75, 3.05) is 6.61 Å². The van der Waals surface area contributed by atoms with Crippen molar-refractivity contribution in [1.82, 2.24) is 0 Å². The third-order valence-electron chi connectivity index (χ3n) is 2.44. The van der Waals surface area contributed by atoms with Crippen molar-refractivity contribution in [2.24, 2.45) is 0 Å². The highest BCUT2D eigenvalue weighted by Crippen LogP contribution is 2.34. The number of para-hydroxylation sites is 1. The highest BCUT2D eigenvalue weighted by Gasteiger charge is 2.33. The number of aliphatic hydroxyl groups is 1. The molecule has 0 aromatic heterocycles. The van der Waals surface area contributed by atoms with Crippen molar-refractivity contribution in [3.05, 3.63) is 41.7 Å². The van der Waals surface area contributed by atoms with Crippen LogP contribution in [0, 0.1) is 0 Å². The zero-order valence-electron chi connectivity index (χ0n) is 9.28. The Kier molecular flexibility index (Phi) is 3.47. The van der Waals surface area contributed by atoms with Crippen LogP contribution in [0.2, 0.25) is 0 Å². The maximum absolute atomic E-state index is 12.2. The predicted molar refractivity (Wildman–Crippen MR) is 56.7 cm³/mol. The van der Waals surface area contributed by atoms with E-state index < -0.39 is 18.2 Å². The molecule has 1 heterocycles. The van der Waals surface area contributed by atoms with Crippen LogP contribution in [0.15, 0.2) is 36.1 Å². The lowest BCUT2D eigenvalue weighted by atomic mass is 10.1. The van der Waals surface area contributed by atoms with Crippen molar-refractivity contribution in [3.8, 4) is 5.75 Å². The molecule has 3 nitrogen and oxygen atoms in total. The molecule has 0 fully saturated rings. The standard InChI is InChI=1S/C12H11F3O3/c13-12(14,15)18-9-5-2-1-4-8(9)11(16)10-6-3-7-17-10/h1-2,4-6,11,16H,3,7H2. The number of halogens is 3. The summed E-state index contributed by atoms with van der Waals surface area (Å²) in [5.41, 5.74) is 0.0305. The van der Waals surface area contributed by atoms with Crippen molar-refractivity contribution >= 4 is 0 Å². The molecule has 1 N–H and O–H groups in total. The summed E-state index contributed by atoms with van der Waals surface area (Å²) in [7, 11) is 0. The van der Waals surface area contributed by atoms with Gasteiger partial charge in [0.2, 0.25) is 0 Å². The van der Waals surface area contributed by atoms with Crippen LogP contribution < -0.4 is 4.74 Å². The summed E-state index contributed by atoms with van der Waals surface area (Å²) in [6, 6.07) is 5.45. The molecule has 1 atom stereocenters. The lowest BCUT2D eigenvalue weighted by molar-refractivity contribution is -0.275. The van der Waals surface area contributed by atoms with Gasteiger partial charge in [-0.2, -0.15) is 0 Å². The summed E-state index contributed by atoms with van der Waals surface area (Å²) in [5, 5.41) is 9.96. The molecule has 1 aliphatic heterocycles. The van der Waals surface area contributed by atoms with Gasteiger partial charge >= 0.3 is 6.36 Å². The first-order chi connectivity index (χ1) is 8.47. The zero-order chi connectivity index (χ0) is 13.2. The summed E-state index contributed by atoms with van der Waals surface area (Å²) >= 11 is 0. The molecule has 0 saturated heterocycles. The van der Waals surface area contributed by atoms with E-state index in [1.165, 1.54) is 18.2 Å². The van der Waals surface area contributed by atoms with E-state index in [0.717, 1.165) is 6.07 Å².